The van der Waals surface area contributed by atoms with Crippen LogP contribution in [0, 0.1) is 23.0 Å². The molecule has 11 heteroatoms. The van der Waals surface area contributed by atoms with Gasteiger partial charge in [0.15, 0.2) is 0 Å². The van der Waals surface area contributed by atoms with E-state index in [4.69, 9.17) is 5.73 Å². The van der Waals surface area contributed by atoms with E-state index in [0.29, 0.717) is 42.6 Å². The van der Waals surface area contributed by atoms with Gasteiger partial charge >= 0.3 is 0 Å². The number of nitrogen functional groups attached to an aromatic ring is 1. The number of rotatable bonds is 2. The summed E-state index contributed by atoms with van der Waals surface area (Å²) >= 11 is 0.933. The van der Waals surface area contributed by atoms with Crippen LogP contribution in [0.25, 0.3) is 32.1 Å². The second-order valence-corrected chi connectivity index (χ2v) is 9.82. The van der Waals surface area contributed by atoms with Crippen molar-refractivity contribution in [3.05, 3.63) is 59.8 Å². The maximum atomic E-state index is 15.8. The summed E-state index contributed by atoms with van der Waals surface area (Å²) in [5.74, 6) is -1.81. The summed E-state index contributed by atoms with van der Waals surface area (Å²) in [7, 11) is 0. The third-order valence-electron chi connectivity index (χ3n) is 6.92. The van der Waals surface area contributed by atoms with E-state index < -0.39 is 11.6 Å². The van der Waals surface area contributed by atoms with Gasteiger partial charge in [-0.3, -0.25) is 14.3 Å². The number of hydrogen-bond donors (Lipinski definition) is 1. The molecule has 2 aliphatic rings. The zero-order valence-electron chi connectivity index (χ0n) is 18.8. The topological polar surface area (TPSA) is 108 Å². The van der Waals surface area contributed by atoms with Crippen molar-refractivity contribution in [1.82, 2.24) is 19.6 Å². The molecule has 1 atom stereocenters. The minimum absolute atomic E-state index is 0.0815. The van der Waals surface area contributed by atoms with Crippen LogP contribution in [0.1, 0.15) is 15.9 Å². The summed E-state index contributed by atoms with van der Waals surface area (Å²) in [5, 5.41) is 14.9. The zero-order valence-corrected chi connectivity index (χ0v) is 19.6. The average molecular weight is 505 g/mol. The Morgan fingerprint density at radius 2 is 2.06 bits per heavy atom. The normalized spacial score (nSPS) is 17.2. The van der Waals surface area contributed by atoms with E-state index in [1.807, 2.05) is 6.07 Å². The SMILES string of the molecule is C=CC(=O)N1CCN2C(=O)c3cc(F)c(-c4ccc(F)c5sc(N)c(C#N)c45)c4cnn(c34)C[C@H]2C1. The number of fused-ring (bicyclic) bond motifs is 2. The van der Waals surface area contributed by atoms with Crippen LogP contribution in [0.4, 0.5) is 13.8 Å². The lowest BCUT2D eigenvalue weighted by molar-refractivity contribution is -0.128. The molecule has 8 nitrogen and oxygen atoms in total. The van der Waals surface area contributed by atoms with Gasteiger partial charge in [0.05, 0.1) is 40.1 Å². The summed E-state index contributed by atoms with van der Waals surface area (Å²) in [6.45, 7) is 4.80. The Balaban J connectivity index is 1.57. The fraction of sp³-hybridized carbons (Fsp3) is 0.200. The number of nitriles is 1. The van der Waals surface area contributed by atoms with Gasteiger partial charge in [-0.25, -0.2) is 8.78 Å². The van der Waals surface area contributed by atoms with Crippen LogP contribution in [0.15, 0.2) is 37.1 Å². The maximum Gasteiger partial charge on any atom is 0.256 e. The van der Waals surface area contributed by atoms with E-state index in [2.05, 4.69) is 11.7 Å². The van der Waals surface area contributed by atoms with Crippen molar-refractivity contribution in [2.75, 3.05) is 25.4 Å². The highest BCUT2D eigenvalue weighted by Gasteiger charge is 2.37. The van der Waals surface area contributed by atoms with Crippen molar-refractivity contribution in [3.8, 4) is 17.2 Å². The molecule has 0 aliphatic carbocycles. The van der Waals surface area contributed by atoms with Crippen LogP contribution in [0.3, 0.4) is 0 Å². The first kappa shape index (κ1) is 22.2. The lowest BCUT2D eigenvalue weighted by atomic mass is 9.94. The molecule has 2 aliphatic heterocycles. The van der Waals surface area contributed by atoms with Crippen molar-refractivity contribution in [2.24, 2.45) is 0 Å². The minimum Gasteiger partial charge on any atom is -0.389 e. The van der Waals surface area contributed by atoms with Crippen LogP contribution < -0.4 is 5.73 Å². The third-order valence-corrected chi connectivity index (χ3v) is 7.94. The maximum absolute atomic E-state index is 15.8. The van der Waals surface area contributed by atoms with Crippen LogP contribution >= 0.6 is 11.3 Å². The zero-order chi connectivity index (χ0) is 25.3. The first-order chi connectivity index (χ1) is 17.3. The molecular weight excluding hydrogens is 486 g/mol. The predicted molar refractivity (Wildman–Crippen MR) is 131 cm³/mol. The molecule has 2 N–H and O–H groups in total. The number of anilines is 1. The quantitative estimate of drug-likeness (QED) is 0.421. The Kier molecular flexibility index (Phi) is 4.84. The molecule has 0 radical (unpaired) electrons. The molecule has 0 bridgehead atoms. The predicted octanol–water partition coefficient (Wildman–Crippen LogP) is 3.50. The Morgan fingerprint density at radius 1 is 1.25 bits per heavy atom. The first-order valence-electron chi connectivity index (χ1n) is 11.1. The van der Waals surface area contributed by atoms with Gasteiger partial charge < -0.3 is 15.5 Å². The molecule has 2 amide bonds. The fourth-order valence-corrected chi connectivity index (χ4v) is 6.24. The summed E-state index contributed by atoms with van der Waals surface area (Å²) in [6, 6.07) is 5.47. The van der Waals surface area contributed by atoms with E-state index in [-0.39, 0.29) is 49.6 Å². The number of amides is 2. The molecule has 180 valence electrons. The van der Waals surface area contributed by atoms with Crippen molar-refractivity contribution < 1.29 is 18.4 Å². The molecule has 2 aromatic carbocycles. The smallest absolute Gasteiger partial charge is 0.256 e. The second-order valence-electron chi connectivity index (χ2n) is 8.76. The fourth-order valence-electron chi connectivity index (χ4n) is 5.29. The van der Waals surface area contributed by atoms with E-state index in [1.165, 1.54) is 30.5 Å². The summed E-state index contributed by atoms with van der Waals surface area (Å²) < 4.78 is 32.2. The number of carbonyl (C=O) groups is 2. The minimum atomic E-state index is -0.689. The molecule has 1 fully saturated rings. The molecule has 0 unspecified atom stereocenters. The molecule has 36 heavy (non-hydrogen) atoms. The number of benzene rings is 2. The highest BCUT2D eigenvalue weighted by molar-refractivity contribution is 7.23. The average Bonchev–Trinajstić information content (AvgIpc) is 3.41. The highest BCUT2D eigenvalue weighted by atomic mass is 32.1. The molecule has 0 saturated carbocycles. The van der Waals surface area contributed by atoms with Gasteiger partial charge in [-0.2, -0.15) is 10.4 Å². The second kappa shape index (κ2) is 7.86. The van der Waals surface area contributed by atoms with Crippen molar-refractivity contribution in [3.63, 3.8) is 0 Å². The van der Waals surface area contributed by atoms with Crippen LogP contribution in [-0.4, -0.2) is 57.1 Å². The molecule has 6 rings (SSSR count). The van der Waals surface area contributed by atoms with E-state index in [9.17, 15) is 19.2 Å². The van der Waals surface area contributed by atoms with Crippen LogP contribution in [0.2, 0.25) is 0 Å². The standard InChI is InChI=1S/C25H18F2N6O2S/c1-2-19(34)31-5-6-32-12(10-31)11-33-22-14(25(32)35)7-18(27)20(16(22)9-30-33)13-3-4-17(26)23-21(13)15(8-28)24(29)36-23/h2-4,7,9,12H,1,5-6,10-11,29H2/t12-/m1/s1. The van der Waals surface area contributed by atoms with Crippen LogP contribution in [0.5, 0.6) is 0 Å². The first-order valence-corrected chi connectivity index (χ1v) is 12.0. The van der Waals surface area contributed by atoms with E-state index in [0.717, 1.165) is 11.3 Å². The summed E-state index contributed by atoms with van der Waals surface area (Å²) in [4.78, 5) is 29.0. The van der Waals surface area contributed by atoms with Gasteiger partial charge in [-0.15, -0.1) is 11.3 Å². The van der Waals surface area contributed by atoms with Gasteiger partial charge in [-0.05, 0) is 23.8 Å². The van der Waals surface area contributed by atoms with Gasteiger partial charge in [0, 0.05) is 36.0 Å². The lowest BCUT2D eigenvalue weighted by Gasteiger charge is -2.40. The number of hydrogen-bond acceptors (Lipinski definition) is 6. The van der Waals surface area contributed by atoms with Gasteiger partial charge in [-0.1, -0.05) is 12.6 Å². The van der Waals surface area contributed by atoms with E-state index >= 15 is 4.39 Å². The number of carbonyl (C=O) groups excluding carboxylic acids is 2. The number of halogens is 2. The van der Waals surface area contributed by atoms with Crippen molar-refractivity contribution in [1.29, 1.82) is 5.26 Å². The molecule has 1 saturated heterocycles. The molecule has 4 heterocycles. The van der Waals surface area contributed by atoms with Crippen molar-refractivity contribution >= 4 is 49.1 Å². The molecule has 2 aromatic heterocycles. The number of piperazine rings is 1. The highest BCUT2D eigenvalue weighted by Crippen LogP contribution is 2.44. The third kappa shape index (κ3) is 2.97. The number of thiophene rings is 1. The van der Waals surface area contributed by atoms with Gasteiger partial charge in [0.2, 0.25) is 5.91 Å². The Labute approximate surface area is 207 Å². The lowest BCUT2D eigenvalue weighted by Crippen LogP contribution is -2.57. The number of nitrogens with two attached hydrogens (primary N) is 1. The molecule has 4 aromatic rings. The van der Waals surface area contributed by atoms with Gasteiger partial charge in [0.25, 0.3) is 5.91 Å². The Morgan fingerprint density at radius 3 is 2.81 bits per heavy atom. The summed E-state index contributed by atoms with van der Waals surface area (Å²) in [5.41, 5.74) is 7.09. The number of aromatic nitrogens is 2. The van der Waals surface area contributed by atoms with Gasteiger partial charge in [0.1, 0.15) is 22.7 Å². The monoisotopic (exact) mass is 504 g/mol. The largest absolute Gasteiger partial charge is 0.389 e. The van der Waals surface area contributed by atoms with E-state index in [1.54, 1.807) is 14.5 Å². The Hall–Kier alpha value is -4.30. The summed E-state index contributed by atoms with van der Waals surface area (Å²) in [6.07, 6.45) is 2.72. The number of nitrogens with zero attached hydrogens (tertiary/aromatic N) is 5. The molecule has 0 spiro atoms. The van der Waals surface area contributed by atoms with Crippen molar-refractivity contribution in [2.45, 2.75) is 12.6 Å². The molecular formula is C25H18F2N6O2S. The van der Waals surface area contributed by atoms with Crippen LogP contribution in [-0.2, 0) is 11.3 Å². The Bertz CT molecular complexity index is 1680.